The molecule has 0 aliphatic heterocycles. The molecule has 0 saturated heterocycles. The molecule has 4 aromatic rings. The van der Waals surface area contributed by atoms with Gasteiger partial charge in [0.2, 0.25) is 0 Å². The van der Waals surface area contributed by atoms with Gasteiger partial charge in [-0.15, -0.1) is 0 Å². The quantitative estimate of drug-likeness (QED) is 0.203. The summed E-state index contributed by atoms with van der Waals surface area (Å²) in [5, 5.41) is 12.3. The molecule has 0 unspecified atom stereocenters. The van der Waals surface area contributed by atoms with Crippen LogP contribution in [0.1, 0.15) is 21.5 Å². The van der Waals surface area contributed by atoms with Gasteiger partial charge in [0.25, 0.3) is 0 Å². The van der Waals surface area contributed by atoms with E-state index in [1.807, 2.05) is 0 Å². The Morgan fingerprint density at radius 2 is 1.38 bits per heavy atom. The first kappa shape index (κ1) is 25.6. The molecule has 0 saturated carbocycles. The van der Waals surface area contributed by atoms with Gasteiger partial charge in [-0.3, -0.25) is 4.79 Å². The number of methoxy groups -OCH3 is 2. The van der Waals surface area contributed by atoms with Gasteiger partial charge in [-0.1, -0.05) is 18.2 Å². The molecule has 3 aromatic carbocycles. The molecule has 0 aliphatic rings. The Hall–Kier alpha value is -3.04. The fourth-order valence-corrected chi connectivity index (χ4v) is 4.02. The van der Waals surface area contributed by atoms with E-state index in [0.717, 1.165) is 17.3 Å². The molecule has 34 heavy (non-hydrogen) atoms. The number of carbonyl (C=O) groups excluding carboxylic acids is 2. The third-order valence-electron chi connectivity index (χ3n) is 5.21. The van der Waals surface area contributed by atoms with Crippen molar-refractivity contribution in [1.29, 1.82) is 0 Å². The summed E-state index contributed by atoms with van der Waals surface area (Å²) in [4.78, 5) is 25.9. The van der Waals surface area contributed by atoms with Crippen molar-refractivity contribution in [2.75, 3.05) is 14.2 Å². The van der Waals surface area contributed by atoms with Crippen LogP contribution in [0.2, 0.25) is 0 Å². The first-order chi connectivity index (χ1) is 16.0. The van der Waals surface area contributed by atoms with Crippen molar-refractivity contribution in [3.05, 3.63) is 89.0 Å². The van der Waals surface area contributed by atoms with Crippen LogP contribution in [0, 0.1) is 0 Å². The van der Waals surface area contributed by atoms with E-state index < -0.39 is 11.8 Å². The zero-order valence-electron chi connectivity index (χ0n) is 18.9. The molecule has 1 heterocycles. The molecule has 9 heteroatoms. The van der Waals surface area contributed by atoms with Crippen LogP contribution in [0.5, 0.6) is 11.5 Å². The Labute approximate surface area is 222 Å². The molecule has 166 valence electrons. The molecule has 1 aromatic heterocycles. The van der Waals surface area contributed by atoms with E-state index in [-0.39, 0.29) is 47.1 Å². The third-order valence-corrected chi connectivity index (χ3v) is 5.77. The van der Waals surface area contributed by atoms with Crippen molar-refractivity contribution in [3.63, 3.8) is 0 Å². The number of carboxylic acids is 1. The fourth-order valence-electron chi connectivity index (χ4n) is 3.50. The average Bonchev–Trinajstić information content (AvgIpc) is 3.31. The van der Waals surface area contributed by atoms with Crippen molar-refractivity contribution >= 4 is 40.1 Å². The zero-order chi connectivity index (χ0) is 23.4. The van der Waals surface area contributed by atoms with Crippen molar-refractivity contribution in [2.24, 2.45) is 0 Å². The molecule has 0 bridgehead atoms. The molecular formula is C25H19N2NaO5S. The van der Waals surface area contributed by atoms with E-state index in [9.17, 15) is 14.7 Å². The van der Waals surface area contributed by atoms with Crippen molar-refractivity contribution < 1.29 is 53.7 Å². The van der Waals surface area contributed by atoms with Gasteiger partial charge >= 0.3 is 29.6 Å². The minimum absolute atomic E-state index is 0. The third kappa shape index (κ3) is 5.53. The molecule has 0 N–H and O–H groups in total. The topological polar surface area (TPSA) is 101 Å². The summed E-state index contributed by atoms with van der Waals surface area (Å²) >= 11 is 1.03. The maximum Gasteiger partial charge on any atom is 1.00 e. The minimum atomic E-state index is -1.44. The molecule has 0 aliphatic carbocycles. The van der Waals surface area contributed by atoms with Crippen LogP contribution in [0.3, 0.4) is 0 Å². The number of hydrogen-bond donors (Lipinski definition) is 0. The van der Waals surface area contributed by atoms with E-state index in [4.69, 9.17) is 9.47 Å². The van der Waals surface area contributed by atoms with Crippen LogP contribution in [0.4, 0.5) is 0 Å². The number of ether oxygens (including phenoxy) is 2. The number of nitrogens with zero attached hydrogens (tertiary/aromatic N) is 2. The Kier molecular flexibility index (Phi) is 8.57. The van der Waals surface area contributed by atoms with Crippen LogP contribution in [-0.2, 0) is 11.2 Å². The van der Waals surface area contributed by atoms with Crippen LogP contribution in [-0.4, -0.2) is 34.7 Å². The number of aromatic nitrogens is 2. The van der Waals surface area contributed by atoms with E-state index in [0.29, 0.717) is 33.7 Å². The van der Waals surface area contributed by atoms with Gasteiger partial charge < -0.3 is 19.4 Å². The van der Waals surface area contributed by atoms with Gasteiger partial charge in [0, 0.05) is 23.1 Å². The second-order valence-corrected chi connectivity index (χ2v) is 7.72. The number of allylic oxidation sites excluding steroid dienone is 1. The van der Waals surface area contributed by atoms with Gasteiger partial charge in [-0.2, -0.15) is 8.75 Å². The molecular weight excluding hydrogens is 463 g/mol. The van der Waals surface area contributed by atoms with E-state index in [1.165, 1.54) is 7.11 Å². The zero-order valence-corrected chi connectivity index (χ0v) is 21.7. The van der Waals surface area contributed by atoms with E-state index in [2.05, 4.69) is 8.75 Å². The number of carbonyl (C=O) groups is 2. The summed E-state index contributed by atoms with van der Waals surface area (Å²) in [6.45, 7) is 0. The van der Waals surface area contributed by atoms with Gasteiger partial charge in [0.05, 0.1) is 31.9 Å². The Balaban J connectivity index is 0.00000324. The molecule has 7 nitrogen and oxygen atoms in total. The maximum absolute atomic E-state index is 13.6. The van der Waals surface area contributed by atoms with E-state index >= 15 is 0 Å². The number of ketones is 1. The molecule has 4 rings (SSSR count). The Bertz CT molecular complexity index is 1350. The Morgan fingerprint density at radius 1 is 0.824 bits per heavy atom. The summed E-state index contributed by atoms with van der Waals surface area (Å²) in [6, 6.07) is 18.5. The smallest absolute Gasteiger partial charge is 0.545 e. The fraction of sp³-hybridized carbons (Fsp3) is 0.120. The average molecular weight is 482 g/mol. The van der Waals surface area contributed by atoms with Crippen molar-refractivity contribution in [3.8, 4) is 11.5 Å². The number of benzene rings is 3. The first-order valence-corrected chi connectivity index (χ1v) is 10.7. The standard InChI is InChI=1S/C25H20N2O5S.Na/c1-31-18-8-3-15(4-9-18)13-20(24(28)16-5-10-19(32-2)11-6-16)23(25(29)30)17-7-12-21-22(14-17)27-33-26-21;/h3-12,14H,13H2,1-2H3,(H,29,30);/q;+1/p-1. The first-order valence-electron chi connectivity index (χ1n) is 9.99. The van der Waals surface area contributed by atoms with Gasteiger partial charge in [-0.05, 0) is 59.7 Å². The number of carboxylic acid groups (broad SMARTS) is 1. The summed E-state index contributed by atoms with van der Waals surface area (Å²) in [7, 11) is 3.09. The minimum Gasteiger partial charge on any atom is -0.545 e. The number of aliphatic carboxylic acids is 1. The van der Waals surface area contributed by atoms with Crippen molar-refractivity contribution in [2.45, 2.75) is 6.42 Å². The largest absolute Gasteiger partial charge is 1.00 e. The Morgan fingerprint density at radius 3 is 1.97 bits per heavy atom. The van der Waals surface area contributed by atoms with Crippen LogP contribution in [0.15, 0.2) is 72.3 Å². The molecule has 0 atom stereocenters. The number of fused-ring (bicyclic) bond motifs is 1. The summed E-state index contributed by atoms with van der Waals surface area (Å²) in [5.74, 6) is -0.603. The summed E-state index contributed by atoms with van der Waals surface area (Å²) in [5.41, 5.74) is 2.56. The normalized spacial score (nSPS) is 11.4. The number of rotatable bonds is 8. The second-order valence-electron chi connectivity index (χ2n) is 7.19. The molecule has 0 fully saturated rings. The van der Waals surface area contributed by atoms with E-state index in [1.54, 1.807) is 73.8 Å². The molecule has 0 amide bonds. The maximum atomic E-state index is 13.6. The SMILES string of the molecule is COc1ccc(CC(C(=O)c2ccc(OC)cc2)=C(C(=O)[O-])c2ccc3nsnc3c2)cc1.[Na+]. The second kappa shape index (κ2) is 11.4. The summed E-state index contributed by atoms with van der Waals surface area (Å²) < 4.78 is 18.7. The van der Waals surface area contributed by atoms with Gasteiger partial charge in [0.1, 0.15) is 22.5 Å². The number of hydrogen-bond acceptors (Lipinski definition) is 8. The monoisotopic (exact) mass is 482 g/mol. The molecule has 0 radical (unpaired) electrons. The predicted octanol–water partition coefficient (Wildman–Crippen LogP) is 0.342. The van der Waals surface area contributed by atoms with Crippen LogP contribution < -0.4 is 44.1 Å². The van der Waals surface area contributed by atoms with Crippen LogP contribution in [0.25, 0.3) is 16.6 Å². The van der Waals surface area contributed by atoms with Gasteiger partial charge in [-0.25, -0.2) is 0 Å². The van der Waals surface area contributed by atoms with Crippen LogP contribution >= 0.6 is 11.7 Å². The summed E-state index contributed by atoms with van der Waals surface area (Å²) in [6.07, 6.45) is 0.0888. The number of Topliss-reactive ketones (excluding diaryl/α,β-unsaturated/α-hetero) is 1. The predicted molar refractivity (Wildman–Crippen MR) is 123 cm³/mol. The van der Waals surface area contributed by atoms with Crippen molar-refractivity contribution in [1.82, 2.24) is 8.75 Å². The molecule has 0 spiro atoms. The van der Waals surface area contributed by atoms with Gasteiger partial charge in [0.15, 0.2) is 5.78 Å².